The zero-order valence-electron chi connectivity index (χ0n) is 12.6. The summed E-state index contributed by atoms with van der Waals surface area (Å²) in [6.07, 6.45) is -0.690. The van der Waals surface area contributed by atoms with Gasteiger partial charge in [-0.15, -0.1) is 0 Å². The van der Waals surface area contributed by atoms with Crippen LogP contribution in [0.25, 0.3) is 0 Å². The van der Waals surface area contributed by atoms with Crippen molar-refractivity contribution in [2.45, 2.75) is 6.23 Å². The van der Waals surface area contributed by atoms with E-state index in [4.69, 9.17) is 9.57 Å². The molecule has 6 nitrogen and oxygen atoms in total. The number of ether oxygens (including phenoxy) is 1. The number of ketones is 1. The van der Waals surface area contributed by atoms with E-state index in [1.165, 1.54) is 4.90 Å². The Balaban J connectivity index is 1.85. The summed E-state index contributed by atoms with van der Waals surface area (Å²) in [5.74, 6) is -0.428. The summed E-state index contributed by atoms with van der Waals surface area (Å²) >= 11 is 0. The van der Waals surface area contributed by atoms with Crippen molar-refractivity contribution < 1.29 is 19.2 Å². The first kappa shape index (κ1) is 13.8. The van der Waals surface area contributed by atoms with Gasteiger partial charge in [0.1, 0.15) is 5.75 Å². The quantitative estimate of drug-likeness (QED) is 0.797. The largest absolute Gasteiger partial charge is 0.497 e. The van der Waals surface area contributed by atoms with Crippen LogP contribution >= 0.6 is 0 Å². The first-order valence-corrected chi connectivity index (χ1v) is 7.17. The van der Waals surface area contributed by atoms with Crippen LogP contribution in [0.5, 0.6) is 5.75 Å². The van der Waals surface area contributed by atoms with E-state index >= 15 is 0 Å². The topological polar surface area (TPSA) is 59.1 Å². The van der Waals surface area contributed by atoms with Crippen molar-refractivity contribution in [2.75, 3.05) is 24.1 Å². The van der Waals surface area contributed by atoms with Gasteiger partial charge in [-0.3, -0.25) is 19.6 Å². The fraction of sp³-hybridized carbons (Fsp3) is 0.176. The molecule has 2 aromatic rings. The fourth-order valence-corrected chi connectivity index (χ4v) is 3.04. The van der Waals surface area contributed by atoms with Gasteiger partial charge in [0.2, 0.25) is 0 Å². The van der Waals surface area contributed by atoms with Crippen LogP contribution in [0.2, 0.25) is 0 Å². The van der Waals surface area contributed by atoms with Crippen LogP contribution in [0.4, 0.5) is 11.4 Å². The Labute approximate surface area is 132 Å². The molecule has 116 valence electrons. The molecule has 0 aromatic heterocycles. The molecule has 0 saturated heterocycles. The number of benzene rings is 2. The summed E-state index contributed by atoms with van der Waals surface area (Å²) in [7, 11) is 3.34. The van der Waals surface area contributed by atoms with Gasteiger partial charge in [0.15, 0.2) is 6.23 Å². The van der Waals surface area contributed by atoms with Crippen molar-refractivity contribution >= 4 is 23.1 Å². The number of anilines is 2. The number of nitrogens with zero attached hydrogens (tertiary/aromatic N) is 2. The number of para-hydroxylation sites is 1. The van der Waals surface area contributed by atoms with E-state index < -0.39 is 17.9 Å². The average molecular weight is 310 g/mol. The standard InChI is InChI=1S/C17H14N2O4/c1-18-13-8-7-10(22-2)9-12(13)17(23-18)19-14-6-4-3-5-11(14)15(20)16(19)21/h3-9,17H,1-2H3. The highest BCUT2D eigenvalue weighted by atomic mass is 16.7. The van der Waals surface area contributed by atoms with Gasteiger partial charge in [-0.1, -0.05) is 12.1 Å². The molecular formula is C17H14N2O4. The zero-order valence-corrected chi connectivity index (χ0v) is 12.6. The van der Waals surface area contributed by atoms with Crippen molar-refractivity contribution in [1.82, 2.24) is 0 Å². The highest BCUT2D eigenvalue weighted by Crippen LogP contribution is 2.45. The molecule has 6 heteroatoms. The van der Waals surface area contributed by atoms with Gasteiger partial charge < -0.3 is 4.74 Å². The molecule has 2 aromatic carbocycles. The van der Waals surface area contributed by atoms with Crippen molar-refractivity contribution in [3.8, 4) is 5.75 Å². The number of amides is 1. The third-order valence-corrected chi connectivity index (χ3v) is 4.15. The molecule has 1 unspecified atom stereocenters. The first-order valence-electron chi connectivity index (χ1n) is 7.17. The molecule has 0 saturated carbocycles. The fourth-order valence-electron chi connectivity index (χ4n) is 3.04. The molecule has 0 bridgehead atoms. The number of carbonyl (C=O) groups is 2. The van der Waals surface area contributed by atoms with E-state index in [2.05, 4.69) is 0 Å². The smallest absolute Gasteiger partial charge is 0.301 e. The molecule has 0 aliphatic carbocycles. The molecule has 2 heterocycles. The third kappa shape index (κ3) is 1.85. The Morgan fingerprint density at radius 3 is 2.65 bits per heavy atom. The second-order valence-electron chi connectivity index (χ2n) is 5.40. The van der Waals surface area contributed by atoms with E-state index in [9.17, 15) is 9.59 Å². The van der Waals surface area contributed by atoms with E-state index in [0.29, 0.717) is 17.0 Å². The van der Waals surface area contributed by atoms with Crippen molar-refractivity contribution in [3.05, 3.63) is 53.6 Å². The minimum absolute atomic E-state index is 0.403. The van der Waals surface area contributed by atoms with E-state index in [1.54, 1.807) is 43.5 Å². The lowest BCUT2D eigenvalue weighted by atomic mass is 10.1. The third-order valence-electron chi connectivity index (χ3n) is 4.15. The molecule has 2 aliphatic heterocycles. The predicted molar refractivity (Wildman–Crippen MR) is 83.5 cm³/mol. The Morgan fingerprint density at radius 1 is 1.09 bits per heavy atom. The van der Waals surface area contributed by atoms with E-state index in [0.717, 1.165) is 11.3 Å². The van der Waals surface area contributed by atoms with Gasteiger partial charge in [-0.25, -0.2) is 4.84 Å². The zero-order chi connectivity index (χ0) is 16.1. The summed E-state index contributed by atoms with van der Waals surface area (Å²) in [5, 5.41) is 1.60. The summed E-state index contributed by atoms with van der Waals surface area (Å²) in [4.78, 5) is 31.9. The Bertz CT molecular complexity index is 833. The van der Waals surface area contributed by atoms with Crippen LogP contribution in [0.15, 0.2) is 42.5 Å². The maximum Gasteiger partial charge on any atom is 0.301 e. The second-order valence-corrected chi connectivity index (χ2v) is 5.40. The maximum absolute atomic E-state index is 12.5. The number of rotatable bonds is 2. The average Bonchev–Trinajstić information content (AvgIpc) is 3.03. The molecule has 2 aliphatic rings. The summed E-state index contributed by atoms with van der Waals surface area (Å²) in [6.45, 7) is 0. The van der Waals surface area contributed by atoms with Gasteiger partial charge in [0, 0.05) is 12.6 Å². The van der Waals surface area contributed by atoms with Crippen molar-refractivity contribution in [2.24, 2.45) is 0 Å². The van der Waals surface area contributed by atoms with Gasteiger partial charge in [-0.05, 0) is 30.3 Å². The van der Waals surface area contributed by atoms with Crippen LogP contribution in [-0.4, -0.2) is 25.8 Å². The number of methoxy groups -OCH3 is 1. The molecule has 23 heavy (non-hydrogen) atoms. The SMILES string of the molecule is COc1ccc2c(c1)C(N1C(=O)C(=O)c3ccccc31)ON2C. The number of hydrogen-bond donors (Lipinski definition) is 0. The maximum atomic E-state index is 12.5. The lowest BCUT2D eigenvalue weighted by Crippen LogP contribution is -2.35. The normalized spacial score (nSPS) is 19.1. The molecule has 4 rings (SSSR count). The number of carbonyl (C=O) groups excluding carboxylic acids is 2. The van der Waals surface area contributed by atoms with Crippen molar-refractivity contribution in [1.29, 1.82) is 0 Å². The van der Waals surface area contributed by atoms with Crippen LogP contribution in [0.1, 0.15) is 22.1 Å². The van der Waals surface area contributed by atoms with Crippen LogP contribution in [-0.2, 0) is 9.63 Å². The molecule has 0 radical (unpaired) electrons. The first-order chi connectivity index (χ1) is 11.1. The predicted octanol–water partition coefficient (Wildman–Crippen LogP) is 2.30. The number of Topliss-reactive ketones (excluding diaryl/α,β-unsaturated/α-hetero) is 1. The van der Waals surface area contributed by atoms with Gasteiger partial charge in [0.25, 0.3) is 5.78 Å². The number of fused-ring (bicyclic) bond motifs is 2. The van der Waals surface area contributed by atoms with Gasteiger partial charge in [-0.2, -0.15) is 0 Å². The van der Waals surface area contributed by atoms with Crippen molar-refractivity contribution in [3.63, 3.8) is 0 Å². The molecular weight excluding hydrogens is 296 g/mol. The lowest BCUT2D eigenvalue weighted by molar-refractivity contribution is -0.116. The Morgan fingerprint density at radius 2 is 1.87 bits per heavy atom. The minimum atomic E-state index is -0.690. The molecule has 0 fully saturated rings. The molecule has 0 spiro atoms. The Hall–Kier alpha value is -2.86. The molecule has 1 atom stereocenters. The molecule has 0 N–H and O–H groups in total. The lowest BCUT2D eigenvalue weighted by Gasteiger charge is -2.24. The second kappa shape index (κ2) is 4.82. The van der Waals surface area contributed by atoms with E-state index in [1.807, 2.05) is 18.2 Å². The van der Waals surface area contributed by atoms with Crippen LogP contribution in [0.3, 0.4) is 0 Å². The van der Waals surface area contributed by atoms with E-state index in [-0.39, 0.29) is 0 Å². The van der Waals surface area contributed by atoms with Gasteiger partial charge >= 0.3 is 5.91 Å². The highest BCUT2D eigenvalue weighted by Gasteiger charge is 2.44. The summed E-state index contributed by atoms with van der Waals surface area (Å²) in [5.41, 5.74) is 2.59. The summed E-state index contributed by atoms with van der Waals surface area (Å²) in [6, 6.07) is 12.5. The Kier molecular flexibility index (Phi) is 2.89. The summed E-state index contributed by atoms with van der Waals surface area (Å²) < 4.78 is 5.26. The number of hydroxylamine groups is 1. The highest BCUT2D eigenvalue weighted by molar-refractivity contribution is 6.52. The monoisotopic (exact) mass is 310 g/mol. The number of hydrogen-bond acceptors (Lipinski definition) is 5. The van der Waals surface area contributed by atoms with Crippen LogP contribution < -0.4 is 14.7 Å². The van der Waals surface area contributed by atoms with Crippen LogP contribution in [0, 0.1) is 0 Å². The molecule has 1 amide bonds. The minimum Gasteiger partial charge on any atom is -0.497 e. The van der Waals surface area contributed by atoms with Gasteiger partial charge in [0.05, 0.1) is 24.0 Å².